The molecule has 4 atom stereocenters. The second kappa shape index (κ2) is 5.32. The smallest absolute Gasteiger partial charge is 0.123 e. The minimum absolute atomic E-state index is 0.0666. The van der Waals surface area contributed by atoms with Crippen LogP contribution in [0, 0.1) is 11.7 Å². The third-order valence-corrected chi connectivity index (χ3v) is 6.14. The van der Waals surface area contributed by atoms with E-state index in [9.17, 15) is 4.39 Å². The van der Waals surface area contributed by atoms with E-state index in [1.54, 1.807) is 6.07 Å². The van der Waals surface area contributed by atoms with Gasteiger partial charge >= 0.3 is 0 Å². The zero-order valence-corrected chi connectivity index (χ0v) is 14.3. The predicted molar refractivity (Wildman–Crippen MR) is 84.0 cm³/mol. The lowest BCUT2D eigenvalue weighted by Crippen LogP contribution is -2.44. The molecule has 2 saturated heterocycles. The Morgan fingerprint density at radius 3 is 2.81 bits per heavy atom. The first-order valence-electron chi connectivity index (χ1n) is 7.56. The van der Waals surface area contributed by atoms with Crippen molar-refractivity contribution >= 4 is 15.9 Å². The molecule has 0 radical (unpaired) electrons. The van der Waals surface area contributed by atoms with Gasteiger partial charge < -0.3 is 9.47 Å². The van der Waals surface area contributed by atoms with Gasteiger partial charge in [-0.2, -0.15) is 0 Å². The van der Waals surface area contributed by atoms with Gasteiger partial charge in [0.2, 0.25) is 0 Å². The molecule has 0 saturated carbocycles. The first kappa shape index (κ1) is 15.4. The van der Waals surface area contributed by atoms with E-state index < -0.39 is 0 Å². The monoisotopic (exact) mass is 356 g/mol. The summed E-state index contributed by atoms with van der Waals surface area (Å²) in [5, 5.41) is 0. The molecular weight excluding hydrogens is 335 g/mol. The highest BCUT2D eigenvalue weighted by Gasteiger charge is 2.65. The van der Waals surface area contributed by atoms with E-state index in [0.29, 0.717) is 17.4 Å². The molecule has 0 aliphatic carbocycles. The van der Waals surface area contributed by atoms with Crippen LogP contribution < -0.4 is 0 Å². The van der Waals surface area contributed by atoms with Crippen molar-refractivity contribution in [2.24, 2.45) is 5.92 Å². The fraction of sp³-hybridized carbons (Fsp3) is 0.647. The molecule has 2 aliphatic heterocycles. The predicted octanol–water partition coefficient (Wildman–Crippen LogP) is 4.45. The van der Waals surface area contributed by atoms with Crippen LogP contribution in [0.5, 0.6) is 0 Å². The van der Waals surface area contributed by atoms with Crippen LogP contribution in [0.25, 0.3) is 0 Å². The average molecular weight is 357 g/mol. The summed E-state index contributed by atoms with van der Waals surface area (Å²) in [5.74, 6) is 0.220. The molecule has 116 valence electrons. The van der Waals surface area contributed by atoms with Crippen LogP contribution in [-0.2, 0) is 16.1 Å². The molecule has 1 aromatic carbocycles. The summed E-state index contributed by atoms with van der Waals surface area (Å²) in [4.78, 5) is 0.379. The van der Waals surface area contributed by atoms with Gasteiger partial charge in [0.15, 0.2) is 0 Å². The Kier molecular flexibility index (Phi) is 3.92. The van der Waals surface area contributed by atoms with E-state index in [1.165, 1.54) is 12.1 Å². The molecule has 2 nitrogen and oxygen atoms in total. The summed E-state index contributed by atoms with van der Waals surface area (Å²) in [6, 6.07) is 6.60. The van der Waals surface area contributed by atoms with Gasteiger partial charge in [0.25, 0.3) is 0 Å². The lowest BCUT2D eigenvalue weighted by Gasteiger charge is -2.35. The summed E-state index contributed by atoms with van der Waals surface area (Å²) in [6.45, 7) is 6.97. The molecule has 21 heavy (non-hydrogen) atoms. The van der Waals surface area contributed by atoms with Crippen molar-refractivity contribution in [3.63, 3.8) is 0 Å². The Labute approximate surface area is 134 Å². The first-order chi connectivity index (χ1) is 9.86. The number of rotatable bonds is 4. The third-order valence-electron chi connectivity index (χ3n) is 5.04. The number of fused-ring (bicyclic) bond motifs is 2. The highest BCUT2D eigenvalue weighted by molar-refractivity contribution is 9.09. The Hall–Kier alpha value is -0.450. The number of halogens is 2. The number of alkyl halides is 1. The van der Waals surface area contributed by atoms with Crippen molar-refractivity contribution in [1.29, 1.82) is 0 Å². The Morgan fingerprint density at radius 2 is 2.19 bits per heavy atom. The third kappa shape index (κ3) is 2.55. The summed E-state index contributed by atoms with van der Waals surface area (Å²) in [5.41, 5.74) is 0.489. The van der Waals surface area contributed by atoms with E-state index in [4.69, 9.17) is 9.47 Å². The quantitative estimate of drug-likeness (QED) is 0.741. The van der Waals surface area contributed by atoms with Crippen LogP contribution in [0.1, 0.15) is 39.2 Å². The minimum Gasteiger partial charge on any atom is -0.370 e. The molecule has 3 rings (SSSR count). The van der Waals surface area contributed by atoms with Crippen molar-refractivity contribution < 1.29 is 13.9 Å². The topological polar surface area (TPSA) is 18.5 Å². The van der Waals surface area contributed by atoms with Crippen LogP contribution in [0.4, 0.5) is 4.39 Å². The molecule has 2 heterocycles. The highest BCUT2D eigenvalue weighted by Crippen LogP contribution is 2.57. The summed E-state index contributed by atoms with van der Waals surface area (Å²) < 4.78 is 25.7. The maximum absolute atomic E-state index is 13.2. The molecule has 0 N–H and O–H groups in total. The van der Waals surface area contributed by atoms with Gasteiger partial charge in [0.05, 0.1) is 23.9 Å². The van der Waals surface area contributed by atoms with E-state index in [1.807, 2.05) is 6.07 Å². The summed E-state index contributed by atoms with van der Waals surface area (Å²) in [6.07, 6.45) is 1.92. The maximum atomic E-state index is 13.2. The van der Waals surface area contributed by atoms with Crippen LogP contribution in [0.3, 0.4) is 0 Å². The van der Waals surface area contributed by atoms with Crippen molar-refractivity contribution in [3.8, 4) is 0 Å². The maximum Gasteiger partial charge on any atom is 0.123 e. The molecule has 4 unspecified atom stereocenters. The number of hydrogen-bond donors (Lipinski definition) is 0. The first-order valence-corrected chi connectivity index (χ1v) is 8.47. The zero-order valence-electron chi connectivity index (χ0n) is 12.7. The fourth-order valence-electron chi connectivity index (χ4n) is 3.71. The van der Waals surface area contributed by atoms with E-state index in [0.717, 1.165) is 18.4 Å². The van der Waals surface area contributed by atoms with Crippen molar-refractivity contribution in [2.45, 2.75) is 62.4 Å². The van der Waals surface area contributed by atoms with Crippen LogP contribution in [-0.4, -0.2) is 22.1 Å². The fourth-order valence-corrected chi connectivity index (χ4v) is 5.17. The van der Waals surface area contributed by atoms with Crippen LogP contribution in [0.2, 0.25) is 0 Å². The SMILES string of the molecule is CC(C)C12CC(OCc3cccc(F)c3)C(C)(CC1Br)O2. The van der Waals surface area contributed by atoms with Crippen LogP contribution >= 0.6 is 15.9 Å². The average Bonchev–Trinajstić information content (AvgIpc) is 2.84. The lowest BCUT2D eigenvalue weighted by molar-refractivity contribution is -0.0955. The van der Waals surface area contributed by atoms with Gasteiger partial charge in [-0.1, -0.05) is 41.9 Å². The van der Waals surface area contributed by atoms with E-state index in [-0.39, 0.29) is 23.1 Å². The van der Waals surface area contributed by atoms with E-state index >= 15 is 0 Å². The van der Waals surface area contributed by atoms with Gasteiger partial charge in [-0.25, -0.2) is 4.39 Å². The molecule has 0 spiro atoms. The lowest BCUT2D eigenvalue weighted by atomic mass is 9.75. The molecule has 1 aromatic rings. The standard InChI is InChI=1S/C17H22BrFO2/c1-11(2)17-9-15(16(3,21-17)8-14(17)18)20-10-12-5-4-6-13(19)7-12/h4-7,11,14-15H,8-10H2,1-3H3. The number of hydrogen-bond acceptors (Lipinski definition) is 2. The molecule has 4 heteroatoms. The van der Waals surface area contributed by atoms with E-state index in [2.05, 4.69) is 36.7 Å². The zero-order chi connectivity index (χ0) is 15.3. The number of benzene rings is 1. The Morgan fingerprint density at radius 1 is 1.43 bits per heavy atom. The number of ether oxygens (including phenoxy) is 2. The molecular formula is C17H22BrFO2. The molecule has 2 aliphatic rings. The van der Waals surface area contributed by atoms with Crippen molar-refractivity contribution in [2.75, 3.05) is 0 Å². The Bertz CT molecular complexity index is 535. The van der Waals surface area contributed by atoms with Gasteiger partial charge in [-0.05, 0) is 37.0 Å². The minimum atomic E-state index is -0.244. The van der Waals surface area contributed by atoms with Gasteiger partial charge in [-0.15, -0.1) is 0 Å². The molecule has 0 aromatic heterocycles. The van der Waals surface area contributed by atoms with Gasteiger partial charge in [0.1, 0.15) is 5.82 Å². The molecule has 2 bridgehead atoms. The normalized spacial score (nSPS) is 38.4. The van der Waals surface area contributed by atoms with Crippen molar-refractivity contribution in [3.05, 3.63) is 35.6 Å². The second-order valence-corrected chi connectivity index (χ2v) is 7.94. The summed E-state index contributed by atoms with van der Waals surface area (Å²) in [7, 11) is 0. The summed E-state index contributed by atoms with van der Waals surface area (Å²) >= 11 is 3.79. The largest absolute Gasteiger partial charge is 0.370 e. The van der Waals surface area contributed by atoms with Crippen LogP contribution in [0.15, 0.2) is 24.3 Å². The molecule has 0 amide bonds. The second-order valence-electron chi connectivity index (χ2n) is 6.83. The van der Waals surface area contributed by atoms with Gasteiger partial charge in [0, 0.05) is 11.2 Å². The van der Waals surface area contributed by atoms with Gasteiger partial charge in [-0.3, -0.25) is 0 Å². The Balaban J connectivity index is 1.71. The molecule has 2 fully saturated rings. The van der Waals surface area contributed by atoms with Crippen molar-refractivity contribution in [1.82, 2.24) is 0 Å². The highest BCUT2D eigenvalue weighted by atomic mass is 79.9.